The molecule has 0 saturated carbocycles. The molecule has 7 heteroatoms. The van der Waals surface area contributed by atoms with E-state index >= 15 is 0 Å². The van der Waals surface area contributed by atoms with E-state index in [1.165, 1.54) is 6.26 Å². The van der Waals surface area contributed by atoms with Crippen molar-refractivity contribution in [1.29, 1.82) is 0 Å². The van der Waals surface area contributed by atoms with Crippen LogP contribution in [0.1, 0.15) is 43.4 Å². The van der Waals surface area contributed by atoms with Gasteiger partial charge in [0, 0.05) is 37.7 Å². The molecule has 2 aromatic rings. The maximum atomic E-state index is 11.5. The van der Waals surface area contributed by atoms with Crippen molar-refractivity contribution in [3.8, 4) is 0 Å². The number of hydrogen-bond donors (Lipinski definition) is 1. The summed E-state index contributed by atoms with van der Waals surface area (Å²) >= 11 is 0. The molecule has 2 heterocycles. The largest absolute Gasteiger partial charge is 0.313 e. The van der Waals surface area contributed by atoms with E-state index in [0.29, 0.717) is 16.9 Å². The predicted octanol–water partition coefficient (Wildman–Crippen LogP) is 1.91. The Morgan fingerprint density at radius 2 is 1.96 bits per heavy atom. The van der Waals surface area contributed by atoms with Gasteiger partial charge in [-0.15, -0.1) is 10.2 Å². The van der Waals surface area contributed by atoms with Gasteiger partial charge in [0.15, 0.2) is 9.84 Å². The van der Waals surface area contributed by atoms with Crippen molar-refractivity contribution < 1.29 is 8.42 Å². The average Bonchev–Trinajstić information content (AvgIpc) is 2.96. The number of sulfone groups is 1. The predicted molar refractivity (Wildman–Crippen MR) is 92.6 cm³/mol. The normalized spacial score (nSPS) is 17.9. The van der Waals surface area contributed by atoms with Crippen LogP contribution in [0.3, 0.4) is 0 Å². The fraction of sp³-hybridized carbons (Fsp3) is 0.529. The molecular formula is C17H24N4O2S. The van der Waals surface area contributed by atoms with Crippen molar-refractivity contribution in [2.45, 2.75) is 56.6 Å². The van der Waals surface area contributed by atoms with E-state index in [4.69, 9.17) is 0 Å². The average molecular weight is 348 g/mol. The van der Waals surface area contributed by atoms with Crippen molar-refractivity contribution in [2.75, 3.05) is 6.26 Å². The third-order valence-electron chi connectivity index (χ3n) is 4.44. The molecule has 1 aliphatic heterocycles. The summed E-state index contributed by atoms with van der Waals surface area (Å²) in [5, 5.41) is 12.2. The Hall–Kier alpha value is -1.73. The lowest BCUT2D eigenvalue weighted by molar-refractivity contribution is 0.370. The summed E-state index contributed by atoms with van der Waals surface area (Å²) in [6.07, 6.45) is 3.20. The van der Waals surface area contributed by atoms with Crippen molar-refractivity contribution in [2.24, 2.45) is 0 Å². The third kappa shape index (κ3) is 3.67. The molecule has 0 fully saturated rings. The fourth-order valence-corrected chi connectivity index (χ4v) is 3.69. The molecule has 1 aromatic carbocycles. The lowest BCUT2D eigenvalue weighted by Crippen LogP contribution is -2.37. The monoisotopic (exact) mass is 348 g/mol. The molecule has 1 N–H and O–H groups in total. The molecule has 0 spiro atoms. The molecule has 1 aliphatic rings. The first-order valence-electron chi connectivity index (χ1n) is 8.29. The zero-order chi connectivity index (χ0) is 17.3. The molecule has 0 bridgehead atoms. The van der Waals surface area contributed by atoms with Crippen LogP contribution in [0.25, 0.3) is 0 Å². The molecule has 3 rings (SSSR count). The standard InChI is InChI=1S/C17H24N4O2S/c1-12(2)17-20-19-16-9-6-14(11-21(16)17)18-10-13-4-7-15(8-5-13)24(3,22)23/h4-5,7-8,12,14,18H,6,9-11H2,1-3H3. The maximum absolute atomic E-state index is 11.5. The Morgan fingerprint density at radius 3 is 2.58 bits per heavy atom. The van der Waals surface area contributed by atoms with Gasteiger partial charge in [-0.2, -0.15) is 0 Å². The number of hydrogen-bond acceptors (Lipinski definition) is 5. The van der Waals surface area contributed by atoms with E-state index in [2.05, 4.69) is 33.9 Å². The molecular weight excluding hydrogens is 324 g/mol. The number of benzene rings is 1. The van der Waals surface area contributed by atoms with Gasteiger partial charge in [0.25, 0.3) is 0 Å². The van der Waals surface area contributed by atoms with Gasteiger partial charge in [0.2, 0.25) is 0 Å². The van der Waals surface area contributed by atoms with Crippen molar-refractivity contribution in [1.82, 2.24) is 20.1 Å². The van der Waals surface area contributed by atoms with E-state index in [0.717, 1.165) is 43.1 Å². The summed E-state index contributed by atoms with van der Waals surface area (Å²) in [7, 11) is -3.13. The van der Waals surface area contributed by atoms with Crippen LogP contribution >= 0.6 is 0 Å². The van der Waals surface area contributed by atoms with Gasteiger partial charge >= 0.3 is 0 Å². The van der Waals surface area contributed by atoms with Crippen LogP contribution in [0, 0.1) is 0 Å². The third-order valence-corrected chi connectivity index (χ3v) is 5.57. The second-order valence-corrected chi connectivity index (χ2v) is 8.79. The molecule has 6 nitrogen and oxygen atoms in total. The summed E-state index contributed by atoms with van der Waals surface area (Å²) in [6, 6.07) is 7.45. The number of aryl methyl sites for hydroxylation is 1. The van der Waals surface area contributed by atoms with E-state index in [1.54, 1.807) is 12.1 Å². The topological polar surface area (TPSA) is 76.9 Å². The molecule has 0 amide bonds. The lowest BCUT2D eigenvalue weighted by Gasteiger charge is -2.26. The Labute approximate surface area is 143 Å². The minimum atomic E-state index is -3.13. The summed E-state index contributed by atoms with van der Waals surface area (Å²) in [5.74, 6) is 2.50. The first-order valence-corrected chi connectivity index (χ1v) is 10.2. The van der Waals surface area contributed by atoms with Gasteiger partial charge < -0.3 is 9.88 Å². The highest BCUT2D eigenvalue weighted by Gasteiger charge is 2.23. The van der Waals surface area contributed by atoms with Gasteiger partial charge in [-0.3, -0.25) is 0 Å². The second kappa shape index (κ2) is 6.64. The molecule has 1 atom stereocenters. The van der Waals surface area contributed by atoms with Gasteiger partial charge in [0.1, 0.15) is 11.6 Å². The molecule has 0 saturated heterocycles. The van der Waals surface area contributed by atoms with Gasteiger partial charge in [0.05, 0.1) is 4.90 Å². The van der Waals surface area contributed by atoms with Crippen LogP contribution in [-0.2, 0) is 29.3 Å². The second-order valence-electron chi connectivity index (χ2n) is 6.77. The fourth-order valence-electron chi connectivity index (χ4n) is 3.06. The molecule has 1 aromatic heterocycles. The first-order chi connectivity index (χ1) is 11.3. The van der Waals surface area contributed by atoms with E-state index in [9.17, 15) is 8.42 Å². The minimum absolute atomic E-state index is 0.361. The van der Waals surface area contributed by atoms with Crippen molar-refractivity contribution in [3.63, 3.8) is 0 Å². The van der Waals surface area contributed by atoms with Gasteiger partial charge in [-0.25, -0.2) is 8.42 Å². The van der Waals surface area contributed by atoms with Crippen molar-refractivity contribution in [3.05, 3.63) is 41.5 Å². The highest BCUT2D eigenvalue weighted by molar-refractivity contribution is 7.90. The Bertz CT molecular complexity index is 810. The summed E-state index contributed by atoms with van der Waals surface area (Å²) in [4.78, 5) is 0.361. The number of nitrogens with zero attached hydrogens (tertiary/aromatic N) is 3. The maximum Gasteiger partial charge on any atom is 0.175 e. The number of nitrogens with one attached hydrogen (secondary N) is 1. The summed E-state index contributed by atoms with van der Waals surface area (Å²) in [6.45, 7) is 5.88. The Kier molecular flexibility index (Phi) is 4.73. The van der Waals surface area contributed by atoms with E-state index in [-0.39, 0.29) is 0 Å². The Balaban J connectivity index is 1.62. The highest BCUT2D eigenvalue weighted by atomic mass is 32.2. The van der Waals surface area contributed by atoms with Crippen LogP contribution in [0.15, 0.2) is 29.2 Å². The van der Waals surface area contributed by atoms with Crippen LogP contribution in [-0.4, -0.2) is 35.5 Å². The van der Waals surface area contributed by atoms with E-state index in [1.807, 2.05) is 12.1 Å². The van der Waals surface area contributed by atoms with Gasteiger partial charge in [-0.05, 0) is 24.1 Å². The number of fused-ring (bicyclic) bond motifs is 1. The molecule has 130 valence electrons. The summed E-state index contributed by atoms with van der Waals surface area (Å²) in [5.41, 5.74) is 1.08. The number of aromatic nitrogens is 3. The zero-order valence-corrected chi connectivity index (χ0v) is 15.2. The Morgan fingerprint density at radius 1 is 1.25 bits per heavy atom. The molecule has 0 radical (unpaired) electrons. The lowest BCUT2D eigenvalue weighted by atomic mass is 10.1. The SMILES string of the molecule is CC(C)c1nnc2n1CC(NCc1ccc(S(C)(=O)=O)cc1)CC2. The molecule has 1 unspecified atom stereocenters. The summed E-state index contributed by atoms with van der Waals surface area (Å²) < 4.78 is 25.2. The van der Waals surface area contributed by atoms with Crippen molar-refractivity contribution >= 4 is 9.84 Å². The first kappa shape index (κ1) is 17.1. The zero-order valence-electron chi connectivity index (χ0n) is 14.4. The quantitative estimate of drug-likeness (QED) is 0.893. The number of rotatable bonds is 5. The van der Waals surface area contributed by atoms with Crippen LogP contribution in [0.4, 0.5) is 0 Å². The van der Waals surface area contributed by atoms with Gasteiger partial charge in [-0.1, -0.05) is 26.0 Å². The smallest absolute Gasteiger partial charge is 0.175 e. The van der Waals surface area contributed by atoms with Crippen LogP contribution in [0.2, 0.25) is 0 Å². The minimum Gasteiger partial charge on any atom is -0.313 e. The molecule has 24 heavy (non-hydrogen) atoms. The highest BCUT2D eigenvalue weighted by Crippen LogP contribution is 2.20. The van der Waals surface area contributed by atoms with Crippen LogP contribution in [0.5, 0.6) is 0 Å². The van der Waals surface area contributed by atoms with E-state index < -0.39 is 9.84 Å². The van der Waals surface area contributed by atoms with Crippen LogP contribution < -0.4 is 5.32 Å². The molecule has 0 aliphatic carbocycles.